The van der Waals surface area contributed by atoms with Gasteiger partial charge in [0.25, 0.3) is 5.91 Å². The maximum atomic E-state index is 12.2. The summed E-state index contributed by atoms with van der Waals surface area (Å²) in [5.41, 5.74) is 0.372. The standard InChI is InChI=1S/C14H20N2O3/c1-4-10(3)9-16(5-2)13(17)12-7-6-11(8-15-12)14(18)19/h6-8,10H,4-5,9H2,1-3H3,(H,18,19). The molecule has 1 aromatic rings. The molecule has 1 atom stereocenters. The molecule has 19 heavy (non-hydrogen) atoms. The Kier molecular flexibility index (Phi) is 5.48. The summed E-state index contributed by atoms with van der Waals surface area (Å²) in [4.78, 5) is 28.6. The first kappa shape index (κ1) is 15.1. The van der Waals surface area contributed by atoms with Gasteiger partial charge in [0.05, 0.1) is 5.56 Å². The first-order valence-electron chi connectivity index (χ1n) is 6.48. The molecule has 0 aliphatic carbocycles. The number of pyridine rings is 1. The van der Waals surface area contributed by atoms with Crippen LogP contribution in [0.25, 0.3) is 0 Å². The van der Waals surface area contributed by atoms with E-state index in [0.29, 0.717) is 19.0 Å². The van der Waals surface area contributed by atoms with Gasteiger partial charge in [-0.15, -0.1) is 0 Å². The zero-order chi connectivity index (χ0) is 14.4. The Hall–Kier alpha value is -1.91. The van der Waals surface area contributed by atoms with E-state index in [1.807, 2.05) is 6.92 Å². The van der Waals surface area contributed by atoms with Crippen molar-refractivity contribution in [2.75, 3.05) is 13.1 Å². The number of aromatic carboxylic acids is 1. The molecule has 1 amide bonds. The monoisotopic (exact) mass is 264 g/mol. The summed E-state index contributed by atoms with van der Waals surface area (Å²) in [7, 11) is 0. The summed E-state index contributed by atoms with van der Waals surface area (Å²) < 4.78 is 0. The number of hydrogen-bond acceptors (Lipinski definition) is 3. The normalized spacial score (nSPS) is 11.9. The fourth-order valence-electron chi connectivity index (χ4n) is 1.67. The average Bonchev–Trinajstić information content (AvgIpc) is 2.43. The molecule has 1 heterocycles. The number of carboxylic acid groups (broad SMARTS) is 1. The van der Waals surface area contributed by atoms with Crippen molar-refractivity contribution in [3.8, 4) is 0 Å². The third-order valence-electron chi connectivity index (χ3n) is 3.13. The highest BCUT2D eigenvalue weighted by Crippen LogP contribution is 2.09. The van der Waals surface area contributed by atoms with Crippen LogP contribution >= 0.6 is 0 Å². The molecule has 1 unspecified atom stereocenters. The van der Waals surface area contributed by atoms with Crippen LogP contribution in [0.2, 0.25) is 0 Å². The first-order chi connectivity index (χ1) is 8.99. The number of nitrogens with zero attached hydrogens (tertiary/aromatic N) is 2. The second-order valence-corrected chi connectivity index (χ2v) is 4.59. The van der Waals surface area contributed by atoms with Gasteiger partial charge < -0.3 is 10.0 Å². The van der Waals surface area contributed by atoms with Crippen molar-refractivity contribution in [2.45, 2.75) is 27.2 Å². The highest BCUT2D eigenvalue weighted by atomic mass is 16.4. The van der Waals surface area contributed by atoms with Crippen molar-refractivity contribution >= 4 is 11.9 Å². The van der Waals surface area contributed by atoms with Crippen molar-refractivity contribution in [1.82, 2.24) is 9.88 Å². The van der Waals surface area contributed by atoms with Crippen molar-refractivity contribution < 1.29 is 14.7 Å². The Labute approximate surface area is 113 Å². The van der Waals surface area contributed by atoms with Crippen LogP contribution in [0.1, 0.15) is 48.0 Å². The van der Waals surface area contributed by atoms with Crippen LogP contribution in [-0.2, 0) is 0 Å². The van der Waals surface area contributed by atoms with Gasteiger partial charge in [-0.1, -0.05) is 20.3 Å². The minimum atomic E-state index is -1.04. The first-order valence-corrected chi connectivity index (χ1v) is 6.48. The number of carbonyl (C=O) groups is 2. The van der Waals surface area contributed by atoms with Crippen LogP contribution in [0.15, 0.2) is 18.3 Å². The molecule has 1 rings (SSSR count). The van der Waals surface area contributed by atoms with Gasteiger partial charge in [0.2, 0.25) is 0 Å². The maximum absolute atomic E-state index is 12.2. The van der Waals surface area contributed by atoms with E-state index in [1.165, 1.54) is 18.3 Å². The van der Waals surface area contributed by atoms with E-state index in [0.717, 1.165) is 6.42 Å². The lowest BCUT2D eigenvalue weighted by atomic mass is 10.1. The fraction of sp³-hybridized carbons (Fsp3) is 0.500. The lowest BCUT2D eigenvalue weighted by Crippen LogP contribution is -2.35. The lowest BCUT2D eigenvalue weighted by molar-refractivity contribution is 0.0691. The third kappa shape index (κ3) is 4.05. The number of amides is 1. The molecule has 1 N–H and O–H groups in total. The Bertz CT molecular complexity index is 443. The summed E-state index contributed by atoms with van der Waals surface area (Å²) in [6.45, 7) is 7.41. The smallest absolute Gasteiger partial charge is 0.337 e. The van der Waals surface area contributed by atoms with Crippen molar-refractivity contribution in [3.05, 3.63) is 29.6 Å². The molecule has 0 radical (unpaired) electrons. The minimum absolute atomic E-state index is 0.0847. The molecule has 0 spiro atoms. The second-order valence-electron chi connectivity index (χ2n) is 4.59. The Balaban J connectivity index is 2.82. The number of carbonyl (C=O) groups excluding carboxylic acids is 1. The van der Waals surface area contributed by atoms with Gasteiger partial charge in [0, 0.05) is 19.3 Å². The molecule has 0 aliphatic rings. The maximum Gasteiger partial charge on any atom is 0.337 e. The van der Waals surface area contributed by atoms with E-state index in [4.69, 9.17) is 5.11 Å². The zero-order valence-electron chi connectivity index (χ0n) is 11.6. The largest absolute Gasteiger partial charge is 0.478 e. The highest BCUT2D eigenvalue weighted by molar-refractivity contribution is 5.93. The molecule has 0 aliphatic heterocycles. The van der Waals surface area contributed by atoms with E-state index < -0.39 is 5.97 Å². The van der Waals surface area contributed by atoms with Crippen LogP contribution in [0.3, 0.4) is 0 Å². The molecule has 0 bridgehead atoms. The molecule has 0 fully saturated rings. The van der Waals surface area contributed by atoms with Gasteiger partial charge >= 0.3 is 5.97 Å². The summed E-state index contributed by atoms with van der Waals surface area (Å²) in [5.74, 6) is -0.764. The quantitative estimate of drug-likeness (QED) is 0.855. The molecular formula is C14H20N2O3. The van der Waals surface area contributed by atoms with Crippen LogP contribution in [0.4, 0.5) is 0 Å². The molecule has 5 heteroatoms. The zero-order valence-corrected chi connectivity index (χ0v) is 11.6. The van der Waals surface area contributed by atoms with Crippen LogP contribution in [0.5, 0.6) is 0 Å². The van der Waals surface area contributed by atoms with Crippen molar-refractivity contribution in [3.63, 3.8) is 0 Å². The van der Waals surface area contributed by atoms with Crippen LogP contribution < -0.4 is 0 Å². The molecule has 0 saturated carbocycles. The summed E-state index contributed by atoms with van der Waals surface area (Å²) >= 11 is 0. The molecule has 1 aromatic heterocycles. The number of carboxylic acids is 1. The van der Waals surface area contributed by atoms with E-state index in [-0.39, 0.29) is 17.2 Å². The Morgan fingerprint density at radius 2 is 2.05 bits per heavy atom. The topological polar surface area (TPSA) is 70.5 Å². The fourth-order valence-corrected chi connectivity index (χ4v) is 1.67. The van der Waals surface area contributed by atoms with Gasteiger partial charge in [0.15, 0.2) is 0 Å². The van der Waals surface area contributed by atoms with Crippen molar-refractivity contribution in [2.24, 2.45) is 5.92 Å². The van der Waals surface area contributed by atoms with Gasteiger partial charge in [-0.25, -0.2) is 4.79 Å². The SMILES string of the molecule is CCC(C)CN(CC)C(=O)c1ccc(C(=O)O)cn1. The van der Waals surface area contributed by atoms with Gasteiger partial charge in [0.1, 0.15) is 5.69 Å². The number of hydrogen-bond donors (Lipinski definition) is 1. The third-order valence-corrected chi connectivity index (χ3v) is 3.13. The minimum Gasteiger partial charge on any atom is -0.478 e. The van der Waals surface area contributed by atoms with Crippen molar-refractivity contribution in [1.29, 1.82) is 0 Å². The summed E-state index contributed by atoms with van der Waals surface area (Å²) in [6.07, 6.45) is 2.22. The van der Waals surface area contributed by atoms with Crippen LogP contribution in [0, 0.1) is 5.92 Å². The second kappa shape index (κ2) is 6.87. The molecule has 104 valence electrons. The Morgan fingerprint density at radius 3 is 2.47 bits per heavy atom. The average molecular weight is 264 g/mol. The number of aromatic nitrogens is 1. The highest BCUT2D eigenvalue weighted by Gasteiger charge is 2.17. The summed E-state index contributed by atoms with van der Waals surface area (Å²) in [5, 5.41) is 8.79. The molecule has 0 saturated heterocycles. The predicted molar refractivity (Wildman–Crippen MR) is 72.2 cm³/mol. The van der Waals surface area contributed by atoms with Crippen LogP contribution in [-0.4, -0.2) is 40.0 Å². The molecule has 0 aromatic carbocycles. The van der Waals surface area contributed by atoms with E-state index in [1.54, 1.807) is 4.90 Å². The van der Waals surface area contributed by atoms with E-state index >= 15 is 0 Å². The Morgan fingerprint density at radius 1 is 1.37 bits per heavy atom. The van der Waals surface area contributed by atoms with E-state index in [9.17, 15) is 9.59 Å². The predicted octanol–water partition coefficient (Wildman–Crippen LogP) is 2.29. The van der Waals surface area contributed by atoms with Gasteiger partial charge in [-0.3, -0.25) is 9.78 Å². The number of rotatable bonds is 6. The van der Waals surface area contributed by atoms with E-state index in [2.05, 4.69) is 18.8 Å². The molecule has 5 nitrogen and oxygen atoms in total. The summed E-state index contributed by atoms with van der Waals surface area (Å²) in [6, 6.07) is 2.87. The lowest BCUT2D eigenvalue weighted by Gasteiger charge is -2.23. The van der Waals surface area contributed by atoms with Gasteiger partial charge in [-0.05, 0) is 25.0 Å². The molecular weight excluding hydrogens is 244 g/mol. The van der Waals surface area contributed by atoms with Gasteiger partial charge in [-0.2, -0.15) is 0 Å².